The van der Waals surface area contributed by atoms with E-state index in [1.807, 2.05) is 52.8 Å². The number of amides is 1. The van der Waals surface area contributed by atoms with Crippen LogP contribution >= 0.6 is 0 Å². The number of hydrogen-bond acceptors (Lipinski definition) is 6. The topological polar surface area (TPSA) is 76.6 Å². The lowest BCUT2D eigenvalue weighted by Gasteiger charge is -2.38. The van der Waals surface area contributed by atoms with Crippen LogP contribution in [-0.4, -0.2) is 58.6 Å². The molecule has 0 N–H and O–H groups in total. The number of ether oxygens (including phenoxy) is 1. The molecule has 1 aliphatic heterocycles. The molecular weight excluding hydrogens is 430 g/mol. The van der Waals surface area contributed by atoms with Crippen LogP contribution in [0.25, 0.3) is 22.4 Å². The van der Waals surface area contributed by atoms with E-state index < -0.39 is 0 Å². The third kappa shape index (κ3) is 4.00. The Morgan fingerprint density at radius 1 is 1.12 bits per heavy atom. The smallest absolute Gasteiger partial charge is 0.245 e. The summed E-state index contributed by atoms with van der Waals surface area (Å²) in [4.78, 5) is 26.4. The number of para-hydroxylation sites is 2. The van der Waals surface area contributed by atoms with Crippen LogP contribution in [0.3, 0.4) is 0 Å². The second-order valence-corrected chi connectivity index (χ2v) is 8.51. The molecule has 8 heteroatoms. The average molecular weight is 460 g/mol. The van der Waals surface area contributed by atoms with Gasteiger partial charge in [0, 0.05) is 44.9 Å². The van der Waals surface area contributed by atoms with Crippen molar-refractivity contribution in [2.75, 3.05) is 38.2 Å². The van der Waals surface area contributed by atoms with E-state index in [0.717, 1.165) is 47.5 Å². The number of fused-ring (bicyclic) bond motifs is 1. The first kappa shape index (κ1) is 22.0. The van der Waals surface area contributed by atoms with E-state index in [-0.39, 0.29) is 11.9 Å². The summed E-state index contributed by atoms with van der Waals surface area (Å²) in [5, 5.41) is 0. The summed E-state index contributed by atoms with van der Waals surface area (Å²) >= 11 is 0. The molecule has 3 heterocycles. The van der Waals surface area contributed by atoms with Crippen LogP contribution < -0.4 is 9.64 Å². The van der Waals surface area contributed by atoms with Crippen LogP contribution in [0.5, 0.6) is 5.75 Å². The first-order valence-electron chi connectivity index (χ1n) is 11.6. The molecule has 5 rings (SSSR count). The summed E-state index contributed by atoms with van der Waals surface area (Å²) in [6.45, 7) is 6.75. The minimum atomic E-state index is -0.247. The summed E-state index contributed by atoms with van der Waals surface area (Å²) in [6.07, 6.45) is 4.22. The number of methoxy groups -OCH3 is 1. The number of anilines is 1. The van der Waals surface area contributed by atoms with E-state index in [0.29, 0.717) is 24.7 Å². The molecule has 2 aromatic heterocycles. The molecule has 4 aromatic rings. The molecule has 0 saturated carbocycles. The summed E-state index contributed by atoms with van der Waals surface area (Å²) < 4.78 is 13.3. The van der Waals surface area contributed by atoms with Crippen LogP contribution in [0.15, 0.2) is 59.4 Å². The van der Waals surface area contributed by atoms with Crippen molar-refractivity contribution in [2.24, 2.45) is 0 Å². The highest BCUT2D eigenvalue weighted by molar-refractivity contribution is 5.84. The quantitative estimate of drug-likeness (QED) is 0.428. The van der Waals surface area contributed by atoms with E-state index in [2.05, 4.69) is 27.9 Å². The monoisotopic (exact) mass is 459 g/mol. The Morgan fingerprint density at radius 2 is 1.91 bits per heavy atom. The maximum Gasteiger partial charge on any atom is 0.245 e. The van der Waals surface area contributed by atoms with Gasteiger partial charge in [-0.05, 0) is 30.7 Å². The van der Waals surface area contributed by atoms with E-state index in [9.17, 15) is 4.79 Å². The fourth-order valence-corrected chi connectivity index (χ4v) is 4.68. The number of imidazole rings is 1. The van der Waals surface area contributed by atoms with Crippen molar-refractivity contribution in [3.63, 3.8) is 0 Å². The van der Waals surface area contributed by atoms with E-state index in [1.54, 1.807) is 19.6 Å². The van der Waals surface area contributed by atoms with Gasteiger partial charge in [0.1, 0.15) is 11.8 Å². The lowest BCUT2D eigenvalue weighted by molar-refractivity contribution is -0.135. The number of aromatic nitrogens is 3. The highest BCUT2D eigenvalue weighted by atomic mass is 16.5. The second kappa shape index (κ2) is 9.21. The maximum absolute atomic E-state index is 13.4. The summed E-state index contributed by atoms with van der Waals surface area (Å²) in [5.41, 5.74) is 3.85. The molecule has 8 nitrogen and oxygen atoms in total. The molecule has 1 aliphatic rings. The van der Waals surface area contributed by atoms with Crippen molar-refractivity contribution < 1.29 is 13.9 Å². The van der Waals surface area contributed by atoms with Crippen molar-refractivity contribution in [3.8, 4) is 17.1 Å². The summed E-state index contributed by atoms with van der Waals surface area (Å²) in [7, 11) is 1.66. The Labute approximate surface area is 198 Å². The van der Waals surface area contributed by atoms with Crippen molar-refractivity contribution >= 4 is 22.6 Å². The molecule has 176 valence electrons. The van der Waals surface area contributed by atoms with Crippen molar-refractivity contribution in [1.29, 1.82) is 0 Å². The fourth-order valence-electron chi connectivity index (χ4n) is 4.68. The average Bonchev–Trinajstić information content (AvgIpc) is 3.51. The molecule has 0 radical (unpaired) electrons. The molecular formula is C26H29N5O3. The molecule has 1 amide bonds. The van der Waals surface area contributed by atoms with Crippen molar-refractivity contribution in [1.82, 2.24) is 19.4 Å². The van der Waals surface area contributed by atoms with Gasteiger partial charge in [-0.1, -0.05) is 19.1 Å². The highest BCUT2D eigenvalue weighted by Crippen LogP contribution is 2.34. The van der Waals surface area contributed by atoms with Crippen molar-refractivity contribution in [2.45, 2.75) is 26.3 Å². The van der Waals surface area contributed by atoms with Gasteiger partial charge in [-0.3, -0.25) is 4.79 Å². The van der Waals surface area contributed by atoms with Gasteiger partial charge in [-0.25, -0.2) is 9.97 Å². The van der Waals surface area contributed by atoms with Gasteiger partial charge in [-0.15, -0.1) is 0 Å². The third-order valence-corrected chi connectivity index (χ3v) is 6.52. The molecule has 0 spiro atoms. The fraction of sp³-hybridized carbons (Fsp3) is 0.346. The number of carbonyl (C=O) groups excluding carboxylic acids is 1. The minimum absolute atomic E-state index is 0.152. The van der Waals surface area contributed by atoms with Gasteiger partial charge >= 0.3 is 0 Å². The summed E-state index contributed by atoms with van der Waals surface area (Å²) in [5.74, 6) is 2.20. The van der Waals surface area contributed by atoms with Crippen LogP contribution in [0.1, 0.15) is 25.3 Å². The number of hydrogen-bond donors (Lipinski definition) is 0. The molecule has 1 saturated heterocycles. The zero-order valence-corrected chi connectivity index (χ0v) is 19.8. The van der Waals surface area contributed by atoms with Gasteiger partial charge in [0.25, 0.3) is 0 Å². The van der Waals surface area contributed by atoms with Crippen molar-refractivity contribution in [3.05, 3.63) is 60.9 Å². The zero-order chi connectivity index (χ0) is 23.7. The standard InChI is InChI=1S/C26H29N5O3/c1-4-22(31-17-28-21-7-5-6-8-23(21)31)26(32)30-13-11-29(12-14-30)19-9-10-20(24(15-19)33-3)25-16-27-18(2)34-25/h5-10,15-17,22H,4,11-14H2,1-3H3. The van der Waals surface area contributed by atoms with E-state index in [4.69, 9.17) is 9.15 Å². The lowest BCUT2D eigenvalue weighted by Crippen LogP contribution is -2.50. The van der Waals surface area contributed by atoms with Gasteiger partial charge < -0.3 is 23.5 Å². The molecule has 1 atom stereocenters. The number of benzene rings is 2. The predicted molar refractivity (Wildman–Crippen MR) is 131 cm³/mol. The molecule has 34 heavy (non-hydrogen) atoms. The van der Waals surface area contributed by atoms with Gasteiger partial charge in [0.05, 0.1) is 36.2 Å². The SMILES string of the molecule is CCC(C(=O)N1CCN(c2ccc(-c3cnc(C)o3)c(OC)c2)CC1)n1cnc2ccccc21. The Hall–Kier alpha value is -3.81. The Morgan fingerprint density at radius 3 is 2.62 bits per heavy atom. The molecule has 1 unspecified atom stereocenters. The van der Waals surface area contributed by atoms with Gasteiger partial charge in [0.2, 0.25) is 5.91 Å². The Balaban J connectivity index is 1.29. The molecule has 0 bridgehead atoms. The number of carbonyl (C=O) groups is 1. The minimum Gasteiger partial charge on any atom is -0.496 e. The normalized spacial score (nSPS) is 15.0. The summed E-state index contributed by atoms with van der Waals surface area (Å²) in [6, 6.07) is 13.8. The molecule has 0 aliphatic carbocycles. The Kier molecular flexibility index (Phi) is 5.96. The first-order valence-corrected chi connectivity index (χ1v) is 11.6. The van der Waals surface area contributed by atoms with Crippen LogP contribution in [0, 0.1) is 6.92 Å². The Bertz CT molecular complexity index is 1300. The predicted octanol–water partition coefficient (Wildman–Crippen LogP) is 4.31. The largest absolute Gasteiger partial charge is 0.496 e. The number of rotatable bonds is 6. The second-order valence-electron chi connectivity index (χ2n) is 8.51. The molecule has 2 aromatic carbocycles. The van der Waals surface area contributed by atoms with Crippen LogP contribution in [-0.2, 0) is 4.79 Å². The van der Waals surface area contributed by atoms with Gasteiger partial charge in [0.15, 0.2) is 11.7 Å². The zero-order valence-electron chi connectivity index (χ0n) is 19.8. The highest BCUT2D eigenvalue weighted by Gasteiger charge is 2.29. The first-order chi connectivity index (χ1) is 16.6. The third-order valence-electron chi connectivity index (χ3n) is 6.52. The van der Waals surface area contributed by atoms with E-state index >= 15 is 0 Å². The molecule has 1 fully saturated rings. The van der Waals surface area contributed by atoms with Gasteiger partial charge in [-0.2, -0.15) is 0 Å². The maximum atomic E-state index is 13.4. The number of piperazine rings is 1. The van der Waals surface area contributed by atoms with Crippen LogP contribution in [0.2, 0.25) is 0 Å². The number of nitrogens with zero attached hydrogens (tertiary/aromatic N) is 5. The van der Waals surface area contributed by atoms with E-state index in [1.165, 1.54) is 0 Å². The lowest BCUT2D eigenvalue weighted by atomic mass is 10.1. The van der Waals surface area contributed by atoms with Crippen LogP contribution in [0.4, 0.5) is 5.69 Å². The number of oxazole rings is 1. The number of aryl methyl sites for hydroxylation is 1.